The Bertz CT molecular complexity index is 827. The smallest absolute Gasteiger partial charge is 0.160 e. The van der Waals surface area contributed by atoms with Crippen molar-refractivity contribution in [3.8, 4) is 20.2 Å². The van der Waals surface area contributed by atoms with Crippen LogP contribution in [0.25, 0.3) is 20.2 Å². The zero-order chi connectivity index (χ0) is 15.5. The van der Waals surface area contributed by atoms with E-state index in [0.717, 1.165) is 50.3 Å². The molecule has 110 valence electrons. The van der Waals surface area contributed by atoms with Crippen molar-refractivity contribution in [1.29, 1.82) is 0 Å². The highest BCUT2D eigenvalue weighted by atomic mass is 32.1. The van der Waals surface area contributed by atoms with Gasteiger partial charge in [0.25, 0.3) is 0 Å². The molecule has 2 aromatic heterocycles. The summed E-state index contributed by atoms with van der Waals surface area (Å²) in [5.74, 6) is 0. The molecule has 0 saturated heterocycles. The van der Waals surface area contributed by atoms with Gasteiger partial charge in [0.15, 0.2) is 6.29 Å². The minimum atomic E-state index is 0.744. The molecule has 0 aliphatic rings. The second-order valence-corrected chi connectivity index (χ2v) is 7.07. The van der Waals surface area contributed by atoms with Gasteiger partial charge in [-0.15, -0.1) is 22.7 Å². The van der Waals surface area contributed by atoms with Gasteiger partial charge in [-0.25, -0.2) is 0 Å². The lowest BCUT2D eigenvalue weighted by atomic mass is 10.0. The predicted molar refractivity (Wildman–Crippen MR) is 93.2 cm³/mol. The zero-order valence-corrected chi connectivity index (χ0v) is 13.7. The quantitative estimate of drug-likeness (QED) is 0.594. The van der Waals surface area contributed by atoms with E-state index in [0.29, 0.717) is 0 Å². The van der Waals surface area contributed by atoms with Crippen LogP contribution < -0.4 is 0 Å². The molecule has 0 fully saturated rings. The highest BCUT2D eigenvalue weighted by molar-refractivity contribution is 7.24. The lowest BCUT2D eigenvalue weighted by Crippen LogP contribution is -1.90. The van der Waals surface area contributed by atoms with Gasteiger partial charge in [-0.1, -0.05) is 19.1 Å². The van der Waals surface area contributed by atoms with Crippen LogP contribution in [-0.2, 0) is 6.42 Å². The van der Waals surface area contributed by atoms with Crippen LogP contribution in [-0.4, -0.2) is 12.6 Å². The first-order chi connectivity index (χ1) is 10.7. The van der Waals surface area contributed by atoms with Gasteiger partial charge in [-0.3, -0.25) is 9.59 Å². The highest BCUT2D eigenvalue weighted by Gasteiger charge is 2.09. The number of benzene rings is 1. The molecule has 0 atom stereocenters. The Morgan fingerprint density at radius 2 is 1.59 bits per heavy atom. The van der Waals surface area contributed by atoms with E-state index < -0.39 is 0 Å². The number of aldehydes is 2. The average Bonchev–Trinajstić information content (AvgIpc) is 3.22. The minimum Gasteiger partial charge on any atom is -0.298 e. The number of aryl methyl sites for hydroxylation is 1. The molecule has 3 aromatic rings. The van der Waals surface area contributed by atoms with Gasteiger partial charge in [0.05, 0.1) is 4.88 Å². The third-order valence-electron chi connectivity index (χ3n) is 3.53. The molecule has 0 spiro atoms. The van der Waals surface area contributed by atoms with Gasteiger partial charge in [0, 0.05) is 20.2 Å². The fourth-order valence-electron chi connectivity index (χ4n) is 2.35. The predicted octanol–water partition coefficient (Wildman–Crippen LogP) is 5.33. The summed E-state index contributed by atoms with van der Waals surface area (Å²) >= 11 is 3.21. The number of thiophene rings is 2. The van der Waals surface area contributed by atoms with Crippen LogP contribution in [0.3, 0.4) is 0 Å². The van der Waals surface area contributed by atoms with Gasteiger partial charge in [0.2, 0.25) is 0 Å². The van der Waals surface area contributed by atoms with Gasteiger partial charge < -0.3 is 0 Å². The summed E-state index contributed by atoms with van der Waals surface area (Å²) in [5.41, 5.74) is 2.96. The van der Waals surface area contributed by atoms with Crippen LogP contribution in [0.5, 0.6) is 0 Å². The molecule has 22 heavy (non-hydrogen) atoms. The Morgan fingerprint density at radius 3 is 2.27 bits per heavy atom. The zero-order valence-electron chi connectivity index (χ0n) is 12.0. The van der Waals surface area contributed by atoms with E-state index in [2.05, 4.69) is 25.1 Å². The fourth-order valence-corrected chi connectivity index (χ4v) is 4.27. The third kappa shape index (κ3) is 2.80. The van der Waals surface area contributed by atoms with E-state index in [1.54, 1.807) is 11.3 Å². The Morgan fingerprint density at radius 1 is 0.864 bits per heavy atom. The van der Waals surface area contributed by atoms with Crippen LogP contribution in [0.15, 0.2) is 42.5 Å². The van der Waals surface area contributed by atoms with Crippen LogP contribution >= 0.6 is 22.7 Å². The molecule has 0 N–H and O–H groups in total. The molecule has 0 radical (unpaired) electrons. The lowest BCUT2D eigenvalue weighted by molar-refractivity contribution is 0.111. The molecule has 2 nitrogen and oxygen atoms in total. The first kappa shape index (κ1) is 14.9. The standard InChI is InChI=1S/C18H14O2S2/c1-2-12-9-13(3-4-14(12)10-19)16-7-8-18(22-16)17-6-5-15(11-20)21-17/h3-11H,2H2,1H3. The number of rotatable bonds is 5. The normalized spacial score (nSPS) is 10.6. The summed E-state index contributed by atoms with van der Waals surface area (Å²) < 4.78 is 0. The van der Waals surface area contributed by atoms with Crippen LogP contribution in [0.2, 0.25) is 0 Å². The first-order valence-electron chi connectivity index (χ1n) is 6.99. The number of carbonyl (C=O) groups excluding carboxylic acids is 2. The number of hydrogen-bond acceptors (Lipinski definition) is 4. The molecule has 0 aliphatic carbocycles. The van der Waals surface area contributed by atoms with Crippen molar-refractivity contribution in [3.05, 3.63) is 58.5 Å². The maximum absolute atomic E-state index is 11.0. The molecule has 2 heterocycles. The van der Waals surface area contributed by atoms with E-state index in [-0.39, 0.29) is 0 Å². The Kier molecular flexibility index (Phi) is 4.32. The largest absolute Gasteiger partial charge is 0.298 e. The Hall–Kier alpha value is -2.04. The van der Waals surface area contributed by atoms with Crippen LogP contribution in [0.4, 0.5) is 0 Å². The molecule has 0 saturated carbocycles. The molecular weight excluding hydrogens is 312 g/mol. The van der Waals surface area contributed by atoms with Gasteiger partial charge in [-0.2, -0.15) is 0 Å². The maximum Gasteiger partial charge on any atom is 0.160 e. The van der Waals surface area contributed by atoms with Crippen molar-refractivity contribution >= 4 is 35.2 Å². The molecular formula is C18H14O2S2. The molecule has 0 bridgehead atoms. The molecule has 1 aromatic carbocycles. The van der Waals surface area contributed by atoms with Crippen molar-refractivity contribution in [1.82, 2.24) is 0 Å². The van der Waals surface area contributed by atoms with Gasteiger partial charge in [0.1, 0.15) is 6.29 Å². The lowest BCUT2D eigenvalue weighted by Gasteiger charge is -2.04. The highest BCUT2D eigenvalue weighted by Crippen LogP contribution is 2.37. The van der Waals surface area contributed by atoms with Crippen LogP contribution in [0.1, 0.15) is 32.5 Å². The van der Waals surface area contributed by atoms with Crippen LogP contribution in [0, 0.1) is 0 Å². The van der Waals surface area contributed by atoms with E-state index in [9.17, 15) is 9.59 Å². The summed E-state index contributed by atoms with van der Waals surface area (Å²) in [6, 6.07) is 14.0. The average molecular weight is 326 g/mol. The fraction of sp³-hybridized carbons (Fsp3) is 0.111. The van der Waals surface area contributed by atoms with Gasteiger partial charge in [-0.05, 0) is 47.9 Å². The minimum absolute atomic E-state index is 0.744. The molecule has 0 aliphatic heterocycles. The van der Waals surface area contributed by atoms with Crippen molar-refractivity contribution in [2.24, 2.45) is 0 Å². The SMILES string of the molecule is CCc1cc(-c2ccc(-c3ccc(C=O)s3)s2)ccc1C=O. The molecule has 4 heteroatoms. The maximum atomic E-state index is 11.0. The summed E-state index contributed by atoms with van der Waals surface area (Å²) in [4.78, 5) is 26.0. The molecule has 0 unspecified atom stereocenters. The van der Waals surface area contributed by atoms with Crippen molar-refractivity contribution in [3.63, 3.8) is 0 Å². The van der Waals surface area contributed by atoms with Gasteiger partial charge >= 0.3 is 0 Å². The molecule has 3 rings (SSSR count). The van der Waals surface area contributed by atoms with E-state index in [1.165, 1.54) is 16.2 Å². The van der Waals surface area contributed by atoms with Crippen molar-refractivity contribution in [2.75, 3.05) is 0 Å². The number of carbonyl (C=O) groups is 2. The Labute approximate surface area is 137 Å². The summed E-state index contributed by atoms with van der Waals surface area (Å²) in [5, 5.41) is 0. The van der Waals surface area contributed by atoms with E-state index >= 15 is 0 Å². The molecule has 0 amide bonds. The topological polar surface area (TPSA) is 34.1 Å². The van der Waals surface area contributed by atoms with Crippen molar-refractivity contribution < 1.29 is 9.59 Å². The Balaban J connectivity index is 1.96. The number of hydrogen-bond donors (Lipinski definition) is 0. The van der Waals surface area contributed by atoms with E-state index in [4.69, 9.17) is 0 Å². The summed E-state index contributed by atoms with van der Waals surface area (Å²) in [6.07, 6.45) is 2.64. The second kappa shape index (κ2) is 6.38. The third-order valence-corrected chi connectivity index (χ3v) is 5.87. The first-order valence-corrected chi connectivity index (χ1v) is 8.62. The van der Waals surface area contributed by atoms with E-state index in [1.807, 2.05) is 24.3 Å². The summed E-state index contributed by atoms with van der Waals surface area (Å²) in [7, 11) is 0. The van der Waals surface area contributed by atoms with Crippen molar-refractivity contribution in [2.45, 2.75) is 13.3 Å². The monoisotopic (exact) mass is 326 g/mol. The summed E-state index contributed by atoms with van der Waals surface area (Å²) in [6.45, 7) is 2.05. The second-order valence-electron chi connectivity index (χ2n) is 4.87.